The smallest absolute Gasteiger partial charge is 0.269 e. The van der Waals surface area contributed by atoms with Crippen LogP contribution in [-0.4, -0.2) is 14.1 Å². The first-order valence-corrected chi connectivity index (χ1v) is 28.4. The van der Waals surface area contributed by atoms with Crippen molar-refractivity contribution in [3.05, 3.63) is 295 Å². The van der Waals surface area contributed by atoms with Crippen molar-refractivity contribution in [2.45, 2.75) is 31.6 Å². The van der Waals surface area contributed by atoms with Gasteiger partial charge in [-0.25, -0.2) is 4.98 Å². The molecule has 3 aromatic heterocycles. The molecule has 0 N–H and O–H groups in total. The van der Waals surface area contributed by atoms with Gasteiger partial charge in [0.1, 0.15) is 17.3 Å². The third-order valence-corrected chi connectivity index (χ3v) is 17.8. The maximum atomic E-state index is 6.95. The molecule has 3 aliphatic rings. The van der Waals surface area contributed by atoms with E-state index in [1.807, 2.05) is 12.3 Å². The lowest BCUT2D eigenvalue weighted by Crippen LogP contribution is -2.32. The summed E-state index contributed by atoms with van der Waals surface area (Å²) in [5.41, 5.74) is 26.6. The fourth-order valence-corrected chi connectivity index (χ4v) is 14.2. The van der Waals surface area contributed by atoms with Crippen molar-refractivity contribution in [2.75, 3.05) is 0 Å². The van der Waals surface area contributed by atoms with Crippen LogP contribution in [0.3, 0.4) is 0 Å². The highest BCUT2D eigenvalue weighted by Gasteiger charge is 2.51. The van der Waals surface area contributed by atoms with E-state index in [1.165, 1.54) is 66.6 Å². The standard InChI is InChI=1S/C77H52N4O/c1-76(2,3)49-41-42-78-73(44-49)81-70-35-15-11-28-62(70)63-40-38-52(46-72(63)81)82-51-20-16-19-50(45-51)79-47-80-74-53(29-17-30-64(74)56-23-6-4-21-54(56)55-22-5-7-24-57(55)65-31-18-36-71(79)75(65)80)48-37-39-61-60-27-10-14-34-68(60)77(69(61)43-48)66-32-12-8-25-58(66)59-26-9-13-33-67(59)77/h4-46H,1-3H3. The van der Waals surface area contributed by atoms with E-state index in [-0.39, 0.29) is 5.41 Å². The van der Waals surface area contributed by atoms with Crippen LogP contribution in [0.5, 0.6) is 11.5 Å². The Hall–Kier alpha value is -10.4. The monoisotopic (exact) mass is 1050 g/mol. The molecular weight excluding hydrogens is 997 g/mol. The molecule has 1 spiro atoms. The van der Waals surface area contributed by atoms with Gasteiger partial charge in [-0.15, -0.1) is 0 Å². The lowest BCUT2D eigenvalue weighted by atomic mass is 9.70. The molecule has 0 radical (unpaired) electrons. The van der Waals surface area contributed by atoms with Crippen molar-refractivity contribution in [1.82, 2.24) is 14.1 Å². The average Bonchev–Trinajstić information content (AvgIpc) is 3.69. The molecule has 5 nitrogen and oxygen atoms in total. The van der Waals surface area contributed by atoms with Crippen molar-refractivity contribution in [2.24, 2.45) is 0 Å². The van der Waals surface area contributed by atoms with Gasteiger partial charge in [0, 0.05) is 23.0 Å². The van der Waals surface area contributed by atoms with Gasteiger partial charge in [0.25, 0.3) is 6.33 Å². The SMILES string of the molecule is CC(C)(C)c1ccnc(-n2c3ccccc3c3ccc(Oc4cccc(-n5[c-][n+]6c7c(cccc75)-c5ccccc5-c5ccccc5-c5cccc(-c7ccc8c(c7)C7(c9ccccc9-c9ccccc97)c7ccccc7-8)c5-6)c4)cc32)c1. The summed E-state index contributed by atoms with van der Waals surface area (Å²) in [6.45, 7) is 6.73. The number of fused-ring (bicyclic) bond motifs is 20. The van der Waals surface area contributed by atoms with Gasteiger partial charge in [0.15, 0.2) is 0 Å². The molecule has 0 amide bonds. The highest BCUT2D eigenvalue weighted by Crippen LogP contribution is 2.63. The lowest BCUT2D eigenvalue weighted by molar-refractivity contribution is -0.570. The number of hydrogen-bond acceptors (Lipinski definition) is 2. The summed E-state index contributed by atoms with van der Waals surface area (Å²) in [5, 5.41) is 2.31. The van der Waals surface area contributed by atoms with Gasteiger partial charge in [-0.2, -0.15) is 0 Å². The van der Waals surface area contributed by atoms with Crippen LogP contribution in [0.2, 0.25) is 0 Å². The van der Waals surface area contributed by atoms with Crippen molar-refractivity contribution < 1.29 is 9.30 Å². The minimum absolute atomic E-state index is 0.0352. The molecule has 0 saturated carbocycles. The van der Waals surface area contributed by atoms with Crippen molar-refractivity contribution in [3.63, 3.8) is 0 Å². The fraction of sp³-hybridized carbons (Fsp3) is 0.0649. The summed E-state index contributed by atoms with van der Waals surface area (Å²) in [7, 11) is 0. The molecule has 2 aliphatic carbocycles. The molecule has 4 heterocycles. The van der Waals surface area contributed by atoms with E-state index in [9.17, 15) is 0 Å². The predicted octanol–water partition coefficient (Wildman–Crippen LogP) is 18.6. The molecular formula is C77H52N4O. The molecule has 82 heavy (non-hydrogen) atoms. The fourth-order valence-electron chi connectivity index (χ4n) is 14.2. The van der Waals surface area contributed by atoms with Crippen LogP contribution in [0.15, 0.2) is 261 Å². The summed E-state index contributed by atoms with van der Waals surface area (Å²) < 4.78 is 13.8. The number of nitrogens with zero attached hydrogens (tertiary/aromatic N) is 4. The molecule has 0 fully saturated rings. The Balaban J connectivity index is 0.864. The van der Waals surface area contributed by atoms with Gasteiger partial charge in [0.05, 0.1) is 38.9 Å². The second kappa shape index (κ2) is 17.3. The molecule has 0 bridgehead atoms. The van der Waals surface area contributed by atoms with Crippen LogP contribution in [-0.2, 0) is 10.8 Å². The summed E-state index contributed by atoms with van der Waals surface area (Å²) in [4.78, 5) is 4.94. The maximum Gasteiger partial charge on any atom is 0.269 e. The topological polar surface area (TPSA) is 35.9 Å². The Labute approximate surface area is 475 Å². The van der Waals surface area contributed by atoms with Crippen LogP contribution in [0.25, 0.3) is 117 Å². The number of para-hydroxylation sites is 3. The summed E-state index contributed by atoms with van der Waals surface area (Å²) in [6.07, 6.45) is 5.98. The van der Waals surface area contributed by atoms with Crippen molar-refractivity contribution in [1.29, 1.82) is 0 Å². The number of hydrogen-bond donors (Lipinski definition) is 0. The van der Waals surface area contributed by atoms with Gasteiger partial charge < -0.3 is 4.74 Å². The predicted molar refractivity (Wildman–Crippen MR) is 333 cm³/mol. The Morgan fingerprint density at radius 1 is 0.415 bits per heavy atom. The zero-order valence-electron chi connectivity index (χ0n) is 45.5. The Morgan fingerprint density at radius 2 is 0.951 bits per heavy atom. The van der Waals surface area contributed by atoms with Gasteiger partial charge in [0.2, 0.25) is 0 Å². The van der Waals surface area contributed by atoms with Crippen LogP contribution in [0.4, 0.5) is 0 Å². The van der Waals surface area contributed by atoms with E-state index in [0.29, 0.717) is 0 Å². The molecule has 386 valence electrons. The summed E-state index contributed by atoms with van der Waals surface area (Å²) in [5.74, 6) is 2.33. The number of pyridine rings is 1. The Bertz CT molecular complexity index is 4960. The highest BCUT2D eigenvalue weighted by molar-refractivity contribution is 6.10. The number of imidazole rings is 1. The summed E-state index contributed by atoms with van der Waals surface area (Å²) >= 11 is 0. The molecule has 14 aromatic rings. The normalized spacial score (nSPS) is 13.2. The molecule has 0 atom stereocenters. The lowest BCUT2D eigenvalue weighted by Gasteiger charge is -2.31. The zero-order valence-corrected chi connectivity index (χ0v) is 45.5. The number of aromatic nitrogens is 4. The molecule has 5 heteroatoms. The molecule has 0 unspecified atom stereocenters. The van der Waals surface area contributed by atoms with E-state index in [2.05, 4.69) is 290 Å². The average molecular weight is 1050 g/mol. The Kier molecular flexibility index (Phi) is 9.83. The van der Waals surface area contributed by atoms with Gasteiger partial charge >= 0.3 is 0 Å². The second-order valence-electron chi connectivity index (χ2n) is 23.2. The summed E-state index contributed by atoms with van der Waals surface area (Å²) in [6, 6.07) is 93.5. The number of benzene rings is 11. The maximum absolute atomic E-state index is 6.95. The minimum Gasteiger partial charge on any atom is -0.458 e. The van der Waals surface area contributed by atoms with E-state index in [1.54, 1.807) is 0 Å². The van der Waals surface area contributed by atoms with E-state index in [0.717, 1.165) is 89.5 Å². The van der Waals surface area contributed by atoms with E-state index in [4.69, 9.17) is 9.72 Å². The van der Waals surface area contributed by atoms with Crippen molar-refractivity contribution >= 4 is 32.8 Å². The largest absolute Gasteiger partial charge is 0.458 e. The van der Waals surface area contributed by atoms with Gasteiger partial charge in [-0.3, -0.25) is 13.7 Å². The molecule has 1 aliphatic heterocycles. The van der Waals surface area contributed by atoms with Crippen LogP contribution in [0, 0.1) is 6.33 Å². The quantitative estimate of drug-likeness (QED) is 0.127. The highest BCUT2D eigenvalue weighted by atomic mass is 16.5. The third-order valence-electron chi connectivity index (χ3n) is 17.8. The first-order chi connectivity index (χ1) is 40.3. The van der Waals surface area contributed by atoms with Crippen LogP contribution in [0.1, 0.15) is 48.6 Å². The minimum atomic E-state index is -0.487. The first-order valence-electron chi connectivity index (χ1n) is 28.4. The Morgan fingerprint density at radius 3 is 1.66 bits per heavy atom. The number of rotatable bonds is 5. The van der Waals surface area contributed by atoms with Crippen molar-refractivity contribution in [3.8, 4) is 95.5 Å². The molecule has 17 rings (SSSR count). The number of ether oxygens (including phenoxy) is 1. The third kappa shape index (κ3) is 6.56. The van der Waals surface area contributed by atoms with E-state index < -0.39 is 5.41 Å². The first kappa shape index (κ1) is 46.5. The second-order valence-corrected chi connectivity index (χ2v) is 23.2. The molecule has 11 aromatic carbocycles. The van der Waals surface area contributed by atoms with E-state index >= 15 is 0 Å². The van der Waals surface area contributed by atoms with Gasteiger partial charge in [-0.1, -0.05) is 215 Å². The van der Waals surface area contributed by atoms with Gasteiger partial charge in [-0.05, 0) is 155 Å². The van der Waals surface area contributed by atoms with Crippen LogP contribution < -0.4 is 9.30 Å². The zero-order chi connectivity index (χ0) is 54.4. The van der Waals surface area contributed by atoms with Crippen LogP contribution >= 0.6 is 0 Å². The molecule has 0 saturated heterocycles.